The molecule has 3 heterocycles. The second-order valence-corrected chi connectivity index (χ2v) is 8.10. The monoisotopic (exact) mass is 464 g/mol. The molecule has 14 nitrogen and oxygen atoms in total. The highest BCUT2D eigenvalue weighted by atomic mass is 32.2. The first-order valence-electron chi connectivity index (χ1n) is 9.14. The number of aliphatic hydroxyl groups is 2. The van der Waals surface area contributed by atoms with E-state index in [2.05, 4.69) is 19.3 Å². The molecule has 1 aliphatic heterocycles. The number of nitrogens with zero attached hydrogens (tertiary/aromatic N) is 5. The van der Waals surface area contributed by atoms with Crippen molar-refractivity contribution in [3.8, 4) is 0 Å². The Morgan fingerprint density at radius 1 is 1.22 bits per heavy atom. The fraction of sp³-hybridized carbons (Fsp3) is 0.294. The van der Waals surface area contributed by atoms with Crippen molar-refractivity contribution < 1.29 is 32.7 Å². The van der Waals surface area contributed by atoms with Gasteiger partial charge in [-0.05, 0) is 6.07 Å². The van der Waals surface area contributed by atoms with Crippen LogP contribution in [0.15, 0.2) is 41.3 Å². The van der Waals surface area contributed by atoms with E-state index < -0.39 is 47.3 Å². The van der Waals surface area contributed by atoms with Gasteiger partial charge in [0.25, 0.3) is 0 Å². The maximum Gasteiger partial charge on any atom is 0.380 e. The zero-order valence-corrected chi connectivity index (χ0v) is 17.0. The summed E-state index contributed by atoms with van der Waals surface area (Å²) in [4.78, 5) is 11.9. The zero-order chi connectivity index (χ0) is 23.0. The molecule has 32 heavy (non-hydrogen) atoms. The highest BCUT2D eigenvalue weighted by molar-refractivity contribution is 7.85. The van der Waals surface area contributed by atoms with Gasteiger partial charge in [0.2, 0.25) is 0 Å². The highest BCUT2D eigenvalue weighted by Crippen LogP contribution is 2.32. The number of nitrogens with two attached hydrogens (primary N) is 2. The van der Waals surface area contributed by atoms with Crippen LogP contribution in [0.25, 0.3) is 11.2 Å². The van der Waals surface area contributed by atoms with Crippen molar-refractivity contribution >= 4 is 38.9 Å². The summed E-state index contributed by atoms with van der Waals surface area (Å²) < 4.78 is 38.8. The average Bonchev–Trinajstić information content (AvgIpc) is 3.29. The molecule has 0 amide bonds. The summed E-state index contributed by atoms with van der Waals surface area (Å²) in [5.74, 6) is -1.01. The van der Waals surface area contributed by atoms with Crippen LogP contribution in [0.5, 0.6) is 0 Å². The van der Waals surface area contributed by atoms with E-state index in [9.17, 15) is 23.7 Å². The third-order valence-electron chi connectivity index (χ3n) is 4.77. The quantitative estimate of drug-likeness (QED) is 0.171. The Hall–Kier alpha value is -3.37. The van der Waals surface area contributed by atoms with E-state index in [1.54, 1.807) is 6.07 Å². The molecule has 6 N–H and O–H groups in total. The molecule has 4 rings (SSSR count). The molecule has 0 aliphatic carbocycles. The molecule has 3 aromatic rings. The van der Waals surface area contributed by atoms with Crippen LogP contribution in [0.4, 0.5) is 11.5 Å². The Labute approximate surface area is 181 Å². The van der Waals surface area contributed by atoms with Gasteiger partial charge in [0.1, 0.15) is 30.2 Å². The van der Waals surface area contributed by atoms with Crippen LogP contribution >= 0.6 is 0 Å². The molecule has 1 aliphatic rings. The Kier molecular flexibility index (Phi) is 5.66. The summed E-state index contributed by atoms with van der Waals surface area (Å²) in [6.45, 7) is -0.720. The van der Waals surface area contributed by atoms with Gasteiger partial charge >= 0.3 is 10.3 Å². The molecule has 0 saturated carbocycles. The van der Waals surface area contributed by atoms with E-state index in [-0.39, 0.29) is 28.2 Å². The molecule has 1 fully saturated rings. The van der Waals surface area contributed by atoms with Crippen molar-refractivity contribution in [3.05, 3.63) is 42.5 Å². The summed E-state index contributed by atoms with van der Waals surface area (Å²) in [5.41, 5.74) is 11.8. The number of aromatic nitrogens is 4. The number of anilines is 2. The minimum absolute atomic E-state index is 0.0500. The van der Waals surface area contributed by atoms with Gasteiger partial charge in [-0.15, -0.1) is 0 Å². The van der Waals surface area contributed by atoms with Gasteiger partial charge in [-0.25, -0.2) is 19.1 Å². The van der Waals surface area contributed by atoms with Crippen molar-refractivity contribution in [2.45, 2.75) is 24.5 Å². The number of rotatable bonds is 6. The van der Waals surface area contributed by atoms with Crippen molar-refractivity contribution in [2.75, 3.05) is 18.1 Å². The number of imidazole rings is 1. The molecular weight excluding hydrogens is 446 g/mol. The maximum absolute atomic E-state index is 12.1. The van der Waals surface area contributed by atoms with Crippen LogP contribution in [0.2, 0.25) is 0 Å². The molecule has 0 spiro atoms. The third kappa shape index (κ3) is 4.06. The molecule has 170 valence electrons. The van der Waals surface area contributed by atoms with E-state index in [0.717, 1.165) is 0 Å². The van der Waals surface area contributed by atoms with Crippen LogP contribution < -0.4 is 16.6 Å². The molecule has 4 atom stereocenters. The minimum Gasteiger partial charge on any atom is -0.858 e. The van der Waals surface area contributed by atoms with Crippen LogP contribution in [0.3, 0.4) is 0 Å². The lowest BCUT2D eigenvalue weighted by atomic mass is 10.1. The Morgan fingerprint density at radius 3 is 2.72 bits per heavy atom. The lowest BCUT2D eigenvalue weighted by Crippen LogP contribution is -2.34. The smallest absolute Gasteiger partial charge is 0.380 e. The summed E-state index contributed by atoms with van der Waals surface area (Å²) in [6.07, 6.45) is -2.94. The molecular formula is C17H18N7O7S-. The topological polar surface area (TPSA) is 224 Å². The number of para-hydroxylation sites is 1. The number of nitrogen functional groups attached to an aromatic ring is 2. The van der Waals surface area contributed by atoms with Crippen molar-refractivity contribution in [1.82, 2.24) is 19.5 Å². The normalized spacial score (nSPS) is 24.2. The summed E-state index contributed by atoms with van der Waals surface area (Å²) in [5, 5.41) is 32.8. The molecule has 1 aromatic carbocycles. The lowest BCUT2D eigenvalue weighted by Gasteiger charge is -2.16. The van der Waals surface area contributed by atoms with Crippen molar-refractivity contribution in [1.29, 1.82) is 0 Å². The Balaban J connectivity index is 1.48. The number of benzene rings is 1. The first-order valence-corrected chi connectivity index (χ1v) is 10.5. The lowest BCUT2D eigenvalue weighted by molar-refractivity contribution is -0.212. The van der Waals surface area contributed by atoms with Gasteiger partial charge < -0.3 is 31.5 Å². The fourth-order valence-corrected chi connectivity index (χ4v) is 3.84. The van der Waals surface area contributed by atoms with Gasteiger partial charge in [-0.1, -0.05) is 18.2 Å². The van der Waals surface area contributed by atoms with E-state index >= 15 is 0 Å². The number of hydrogen-bond donors (Lipinski definition) is 4. The van der Waals surface area contributed by atoms with Gasteiger partial charge in [0, 0.05) is 17.1 Å². The van der Waals surface area contributed by atoms with E-state index in [1.165, 1.54) is 35.4 Å². The maximum atomic E-state index is 12.1. The van der Waals surface area contributed by atoms with Crippen LogP contribution in [0, 0.1) is 0 Å². The predicted molar refractivity (Wildman–Crippen MR) is 108 cm³/mol. The van der Waals surface area contributed by atoms with Gasteiger partial charge in [-0.3, -0.25) is 4.57 Å². The van der Waals surface area contributed by atoms with Crippen LogP contribution in [-0.4, -0.2) is 69.0 Å². The second kappa shape index (κ2) is 8.29. The standard InChI is InChI=1S/C17H19N7O7S/c18-9-4-2-1-3-8(9)16(27)23-32(28,29)30-5-10-12(25)13(26)17(31-10)24-7-22-11-14(19)20-6-21-15(11)24/h1-4,6-7,10,12-13,17,25-26H,5,18H2,(H,23,27)(H2,19,20,21)/p-1/t10?,12-,13-,17?/m1/s1. The first kappa shape index (κ1) is 21.8. The number of ether oxygens (including phenoxy) is 1. The zero-order valence-electron chi connectivity index (χ0n) is 16.2. The number of hydrogen-bond acceptors (Lipinski definition) is 12. The van der Waals surface area contributed by atoms with Crippen LogP contribution in [-0.2, 0) is 19.2 Å². The Bertz CT molecular complexity index is 1280. The van der Waals surface area contributed by atoms with Gasteiger partial charge in [0.15, 0.2) is 17.7 Å². The van der Waals surface area contributed by atoms with Crippen LogP contribution in [0.1, 0.15) is 11.8 Å². The summed E-state index contributed by atoms with van der Waals surface area (Å²) in [7, 11) is -4.69. The predicted octanol–water partition coefficient (Wildman–Crippen LogP) is -2.32. The average molecular weight is 464 g/mol. The third-order valence-corrected chi connectivity index (χ3v) is 5.59. The summed E-state index contributed by atoms with van der Waals surface area (Å²) in [6, 6.07) is 5.79. The van der Waals surface area contributed by atoms with Crippen molar-refractivity contribution in [2.24, 2.45) is 4.40 Å². The highest BCUT2D eigenvalue weighted by Gasteiger charge is 2.45. The number of fused-ring (bicyclic) bond motifs is 1. The minimum atomic E-state index is -4.69. The molecule has 0 radical (unpaired) electrons. The molecule has 1 saturated heterocycles. The molecule has 2 aromatic heterocycles. The van der Waals surface area contributed by atoms with E-state index in [4.69, 9.17) is 20.4 Å². The Morgan fingerprint density at radius 2 is 1.97 bits per heavy atom. The fourth-order valence-electron chi connectivity index (χ4n) is 3.17. The molecule has 2 unspecified atom stereocenters. The van der Waals surface area contributed by atoms with Gasteiger partial charge in [0.05, 0.1) is 12.9 Å². The second-order valence-electron chi connectivity index (χ2n) is 6.83. The largest absolute Gasteiger partial charge is 0.858 e. The van der Waals surface area contributed by atoms with E-state index in [0.29, 0.717) is 0 Å². The number of aliphatic hydroxyl groups excluding tert-OH is 2. The first-order chi connectivity index (χ1) is 15.2. The molecule has 15 heteroatoms. The van der Waals surface area contributed by atoms with E-state index in [1.807, 2.05) is 0 Å². The van der Waals surface area contributed by atoms with Gasteiger partial charge in [-0.2, -0.15) is 12.8 Å². The molecule has 0 bridgehead atoms. The van der Waals surface area contributed by atoms with Crippen molar-refractivity contribution in [3.63, 3.8) is 0 Å². The summed E-state index contributed by atoms with van der Waals surface area (Å²) >= 11 is 0. The SMILES string of the molecule is Nc1ccccc1/C([O-])=N/S(=O)(=O)OCC1OC(n2cnc3c(N)ncnc32)[C@H](O)[C@@H]1O.